The molecule has 9 heteroatoms. The van der Waals surface area contributed by atoms with E-state index in [1.807, 2.05) is 0 Å². The van der Waals surface area contributed by atoms with Gasteiger partial charge in [0.2, 0.25) is 5.88 Å². The van der Waals surface area contributed by atoms with Crippen molar-refractivity contribution in [1.29, 1.82) is 0 Å². The number of Topliss-reactive ketones (excluding diaryl/α,β-unsaturated/α-hetero) is 1. The average Bonchev–Trinajstić information content (AvgIpc) is 3.20. The number of nitrogens with one attached hydrogen (secondary N) is 1. The van der Waals surface area contributed by atoms with Gasteiger partial charge in [-0.1, -0.05) is 29.3 Å². The largest absolute Gasteiger partial charge is 0.472 e. The lowest BCUT2D eigenvalue weighted by Crippen LogP contribution is -2.38. The number of ether oxygens (including phenoxy) is 3. The molecule has 1 saturated heterocycles. The average molecular weight is 467 g/mol. The minimum absolute atomic E-state index is 0.0492. The van der Waals surface area contributed by atoms with Crippen LogP contribution < -0.4 is 10.1 Å². The monoisotopic (exact) mass is 466 g/mol. The smallest absolute Gasteiger partial charge is 0.408 e. The van der Waals surface area contributed by atoms with Crippen molar-refractivity contribution >= 4 is 35.1 Å². The number of ketones is 1. The topological polar surface area (TPSA) is 86.8 Å². The van der Waals surface area contributed by atoms with E-state index in [1.165, 1.54) is 12.3 Å². The Kier molecular flexibility index (Phi) is 7.41. The first-order valence-electron chi connectivity index (χ1n) is 9.81. The highest BCUT2D eigenvalue weighted by molar-refractivity contribution is 6.42. The third kappa shape index (κ3) is 6.56. The zero-order valence-electron chi connectivity index (χ0n) is 17.5. The number of carbonyl (C=O) groups is 2. The van der Waals surface area contributed by atoms with Crippen LogP contribution in [0.3, 0.4) is 0 Å². The van der Waals surface area contributed by atoms with Crippen molar-refractivity contribution in [3.63, 3.8) is 0 Å². The number of benzene rings is 1. The van der Waals surface area contributed by atoms with E-state index in [1.54, 1.807) is 45.0 Å². The lowest BCUT2D eigenvalue weighted by Gasteiger charge is -2.23. The summed E-state index contributed by atoms with van der Waals surface area (Å²) >= 11 is 12.1. The van der Waals surface area contributed by atoms with Gasteiger partial charge in [-0.15, -0.1) is 0 Å². The number of hydrogen-bond acceptors (Lipinski definition) is 6. The standard InChI is InChI=1S/C22H24Cl2N2O5/c1-22(2,3)31-21(28)26-19(13-4-6-16(23)17(24)10-13)20(27)14-5-7-18(25-11-14)30-15-8-9-29-12-15/h4-7,10-11,15,19H,8-9,12H2,1-3H3,(H,26,28). The highest BCUT2D eigenvalue weighted by atomic mass is 35.5. The maximum Gasteiger partial charge on any atom is 0.408 e. The number of amides is 1. The predicted molar refractivity (Wildman–Crippen MR) is 117 cm³/mol. The molecular formula is C22H24Cl2N2O5. The van der Waals surface area contributed by atoms with Gasteiger partial charge in [-0.25, -0.2) is 9.78 Å². The highest BCUT2D eigenvalue weighted by Gasteiger charge is 2.28. The van der Waals surface area contributed by atoms with Crippen LogP contribution >= 0.6 is 23.2 Å². The van der Waals surface area contributed by atoms with Crippen LogP contribution in [0.15, 0.2) is 36.5 Å². The van der Waals surface area contributed by atoms with E-state index in [0.29, 0.717) is 35.2 Å². The van der Waals surface area contributed by atoms with Crippen LogP contribution in [0.2, 0.25) is 10.0 Å². The van der Waals surface area contributed by atoms with Gasteiger partial charge in [-0.05, 0) is 44.5 Å². The molecule has 0 spiro atoms. The summed E-state index contributed by atoms with van der Waals surface area (Å²) in [5.41, 5.74) is 0.0376. The summed E-state index contributed by atoms with van der Waals surface area (Å²) in [6.45, 7) is 6.38. The molecule has 0 saturated carbocycles. The Balaban J connectivity index is 1.82. The Morgan fingerprint density at radius 1 is 1.19 bits per heavy atom. The normalized spacial score (nSPS) is 17.1. The SMILES string of the molecule is CC(C)(C)OC(=O)NC(C(=O)c1ccc(OC2CCOC2)nc1)c1ccc(Cl)c(Cl)c1. The van der Waals surface area contributed by atoms with Gasteiger partial charge in [0.15, 0.2) is 5.78 Å². The van der Waals surface area contributed by atoms with E-state index >= 15 is 0 Å². The maximum absolute atomic E-state index is 13.3. The molecule has 1 fully saturated rings. The van der Waals surface area contributed by atoms with Gasteiger partial charge in [-0.3, -0.25) is 4.79 Å². The fraction of sp³-hybridized carbons (Fsp3) is 0.409. The van der Waals surface area contributed by atoms with Crippen molar-refractivity contribution in [2.24, 2.45) is 0 Å². The van der Waals surface area contributed by atoms with Crippen molar-refractivity contribution < 1.29 is 23.8 Å². The first kappa shape index (κ1) is 23.3. The van der Waals surface area contributed by atoms with E-state index in [0.717, 1.165) is 6.42 Å². The second-order valence-corrected chi connectivity index (χ2v) is 8.92. The molecule has 0 bridgehead atoms. The molecule has 2 unspecified atom stereocenters. The van der Waals surface area contributed by atoms with Crippen LogP contribution in [-0.2, 0) is 9.47 Å². The van der Waals surface area contributed by atoms with Crippen molar-refractivity contribution in [2.45, 2.75) is 44.9 Å². The Hall–Kier alpha value is -2.35. The molecule has 1 amide bonds. The number of pyridine rings is 1. The Labute approximate surface area is 191 Å². The second kappa shape index (κ2) is 9.85. The van der Waals surface area contributed by atoms with Crippen LogP contribution in [0.1, 0.15) is 49.2 Å². The Bertz CT molecular complexity index is 938. The van der Waals surface area contributed by atoms with Gasteiger partial charge in [0, 0.05) is 24.2 Å². The lowest BCUT2D eigenvalue weighted by atomic mass is 9.98. The molecule has 31 heavy (non-hydrogen) atoms. The molecule has 1 N–H and O–H groups in total. The number of nitrogens with zero attached hydrogens (tertiary/aromatic N) is 1. The predicted octanol–water partition coefficient (Wildman–Crippen LogP) is 5.00. The zero-order valence-corrected chi connectivity index (χ0v) is 19.0. The van der Waals surface area contributed by atoms with Gasteiger partial charge >= 0.3 is 6.09 Å². The molecule has 3 rings (SSSR count). The van der Waals surface area contributed by atoms with Crippen molar-refractivity contribution in [3.05, 3.63) is 57.7 Å². The summed E-state index contributed by atoms with van der Waals surface area (Å²) in [6.07, 6.45) is 1.42. The molecule has 2 aromatic rings. The fourth-order valence-electron chi connectivity index (χ4n) is 2.96. The molecular weight excluding hydrogens is 443 g/mol. The number of rotatable bonds is 6. The summed E-state index contributed by atoms with van der Waals surface area (Å²) in [6, 6.07) is 6.90. The molecule has 2 atom stereocenters. The molecule has 166 valence electrons. The highest BCUT2D eigenvalue weighted by Crippen LogP contribution is 2.28. The number of halogens is 2. The summed E-state index contributed by atoms with van der Waals surface area (Å²) in [5.74, 6) is 0.0192. The number of alkyl carbamates (subject to hydrolysis) is 1. The Morgan fingerprint density at radius 2 is 1.97 bits per heavy atom. The van der Waals surface area contributed by atoms with E-state index in [4.69, 9.17) is 37.4 Å². The minimum Gasteiger partial charge on any atom is -0.472 e. The molecule has 1 aliphatic rings. The van der Waals surface area contributed by atoms with Gasteiger partial charge in [0.25, 0.3) is 0 Å². The van der Waals surface area contributed by atoms with Crippen molar-refractivity contribution in [3.8, 4) is 5.88 Å². The molecule has 1 aliphatic heterocycles. The number of hydrogen-bond donors (Lipinski definition) is 1. The van der Waals surface area contributed by atoms with Crippen LogP contribution in [0, 0.1) is 0 Å². The molecule has 2 heterocycles. The van der Waals surface area contributed by atoms with Crippen molar-refractivity contribution in [2.75, 3.05) is 13.2 Å². The third-order valence-corrected chi connectivity index (χ3v) is 5.14. The molecule has 0 radical (unpaired) electrons. The van der Waals surface area contributed by atoms with Gasteiger partial charge < -0.3 is 19.5 Å². The summed E-state index contributed by atoms with van der Waals surface area (Å²) in [4.78, 5) is 29.9. The van der Waals surface area contributed by atoms with Gasteiger partial charge in [0.05, 0.1) is 23.3 Å². The lowest BCUT2D eigenvalue weighted by molar-refractivity contribution is 0.0490. The summed E-state index contributed by atoms with van der Waals surface area (Å²) in [7, 11) is 0. The summed E-state index contributed by atoms with van der Waals surface area (Å²) < 4.78 is 16.3. The third-order valence-electron chi connectivity index (χ3n) is 4.40. The van der Waals surface area contributed by atoms with E-state index < -0.39 is 17.7 Å². The van der Waals surface area contributed by atoms with E-state index in [9.17, 15) is 9.59 Å². The molecule has 1 aromatic heterocycles. The van der Waals surface area contributed by atoms with Crippen LogP contribution in [-0.4, -0.2) is 41.8 Å². The minimum atomic E-state index is -1.04. The quantitative estimate of drug-likeness (QED) is 0.602. The van der Waals surface area contributed by atoms with Gasteiger partial charge in [0.1, 0.15) is 17.7 Å². The number of aromatic nitrogens is 1. The summed E-state index contributed by atoms with van der Waals surface area (Å²) in [5, 5.41) is 3.23. The van der Waals surface area contributed by atoms with E-state index in [2.05, 4.69) is 10.3 Å². The molecule has 0 aliphatic carbocycles. The first-order valence-corrected chi connectivity index (χ1v) is 10.6. The van der Waals surface area contributed by atoms with Crippen molar-refractivity contribution in [1.82, 2.24) is 10.3 Å². The number of carbonyl (C=O) groups excluding carboxylic acids is 2. The second-order valence-electron chi connectivity index (χ2n) is 8.11. The molecule has 1 aromatic carbocycles. The zero-order chi connectivity index (χ0) is 22.6. The van der Waals surface area contributed by atoms with Crippen LogP contribution in [0.5, 0.6) is 5.88 Å². The van der Waals surface area contributed by atoms with Gasteiger partial charge in [-0.2, -0.15) is 0 Å². The fourth-order valence-corrected chi connectivity index (χ4v) is 3.26. The Morgan fingerprint density at radius 3 is 2.55 bits per heavy atom. The van der Waals surface area contributed by atoms with Crippen LogP contribution in [0.25, 0.3) is 0 Å². The van der Waals surface area contributed by atoms with Crippen LogP contribution in [0.4, 0.5) is 4.79 Å². The molecule has 7 nitrogen and oxygen atoms in total. The van der Waals surface area contributed by atoms with E-state index in [-0.39, 0.29) is 16.9 Å². The first-order chi connectivity index (χ1) is 14.6. The maximum atomic E-state index is 13.3.